The number of nitrogens with zero attached hydrogens (tertiary/aromatic N) is 1. The zero-order valence-corrected chi connectivity index (χ0v) is 12.1. The van der Waals surface area contributed by atoms with Crippen LogP contribution in [-0.4, -0.2) is 30.1 Å². The van der Waals surface area contributed by atoms with Crippen molar-refractivity contribution in [3.63, 3.8) is 0 Å². The number of phenols is 1. The van der Waals surface area contributed by atoms with Crippen molar-refractivity contribution in [1.82, 2.24) is 4.90 Å². The Balaban J connectivity index is 2.04. The van der Waals surface area contributed by atoms with Gasteiger partial charge in [0.25, 0.3) is 0 Å². The highest BCUT2D eigenvalue weighted by Gasteiger charge is 2.38. The molecule has 104 valence electrons. The maximum atomic E-state index is 9.82. The lowest BCUT2D eigenvalue weighted by molar-refractivity contribution is 0.137. The molecule has 1 aromatic rings. The fourth-order valence-electron chi connectivity index (χ4n) is 4.36. The Bertz CT molecular complexity index is 455. The standard InChI is InChI=1S/C17H25NO/c1-18(2)17-13-6-4-3-5-7-15(17)16-11-14(19)9-8-12(16)10-13/h8-9,11,13,15,17,19H,3-7,10H2,1-2H3. The van der Waals surface area contributed by atoms with Crippen molar-refractivity contribution in [3.8, 4) is 5.75 Å². The smallest absolute Gasteiger partial charge is 0.115 e. The summed E-state index contributed by atoms with van der Waals surface area (Å²) in [5.41, 5.74) is 2.89. The summed E-state index contributed by atoms with van der Waals surface area (Å²) in [6.45, 7) is 0. The van der Waals surface area contributed by atoms with E-state index in [9.17, 15) is 5.11 Å². The Morgan fingerprint density at radius 2 is 1.89 bits per heavy atom. The summed E-state index contributed by atoms with van der Waals surface area (Å²) >= 11 is 0. The lowest BCUT2D eigenvalue weighted by Gasteiger charge is -2.44. The van der Waals surface area contributed by atoms with Crippen LogP contribution in [0.4, 0.5) is 0 Å². The van der Waals surface area contributed by atoms with Crippen molar-refractivity contribution in [2.24, 2.45) is 5.92 Å². The van der Waals surface area contributed by atoms with Gasteiger partial charge < -0.3 is 10.0 Å². The lowest BCUT2D eigenvalue weighted by atomic mass is 9.68. The van der Waals surface area contributed by atoms with Crippen LogP contribution in [0.1, 0.15) is 49.1 Å². The molecule has 2 aliphatic rings. The normalized spacial score (nSPS) is 30.6. The highest BCUT2D eigenvalue weighted by Crippen LogP contribution is 2.44. The Morgan fingerprint density at radius 3 is 2.68 bits per heavy atom. The summed E-state index contributed by atoms with van der Waals surface area (Å²) in [5.74, 6) is 1.82. The molecule has 3 atom stereocenters. The number of fused-ring (bicyclic) bond motifs is 4. The van der Waals surface area contributed by atoms with Crippen molar-refractivity contribution in [3.05, 3.63) is 29.3 Å². The first-order valence-corrected chi connectivity index (χ1v) is 7.65. The summed E-state index contributed by atoms with van der Waals surface area (Å²) in [6.07, 6.45) is 7.91. The number of likely N-dealkylation sites (N-methyl/N-ethyl adjacent to an activating group) is 1. The molecule has 0 heterocycles. The molecule has 0 radical (unpaired) electrons. The first-order valence-electron chi connectivity index (χ1n) is 7.65. The zero-order valence-electron chi connectivity index (χ0n) is 12.1. The van der Waals surface area contributed by atoms with Crippen molar-refractivity contribution in [1.29, 1.82) is 0 Å². The van der Waals surface area contributed by atoms with E-state index in [1.54, 1.807) is 0 Å². The van der Waals surface area contributed by atoms with E-state index in [1.165, 1.54) is 49.7 Å². The van der Waals surface area contributed by atoms with Crippen LogP contribution in [0.5, 0.6) is 5.75 Å². The first kappa shape index (κ1) is 13.0. The van der Waals surface area contributed by atoms with E-state index in [2.05, 4.69) is 25.1 Å². The van der Waals surface area contributed by atoms with E-state index in [0.29, 0.717) is 17.7 Å². The van der Waals surface area contributed by atoms with Crippen LogP contribution >= 0.6 is 0 Å². The van der Waals surface area contributed by atoms with E-state index in [4.69, 9.17) is 0 Å². The second-order valence-corrected chi connectivity index (χ2v) is 6.55. The van der Waals surface area contributed by atoms with Gasteiger partial charge in [-0.25, -0.2) is 0 Å². The molecule has 1 aromatic carbocycles. The van der Waals surface area contributed by atoms with Gasteiger partial charge in [-0.2, -0.15) is 0 Å². The molecule has 3 rings (SSSR count). The third kappa shape index (κ3) is 2.38. The molecule has 1 N–H and O–H groups in total. The van der Waals surface area contributed by atoms with Gasteiger partial charge in [0.1, 0.15) is 5.75 Å². The van der Waals surface area contributed by atoms with E-state index < -0.39 is 0 Å². The molecule has 19 heavy (non-hydrogen) atoms. The zero-order chi connectivity index (χ0) is 13.4. The topological polar surface area (TPSA) is 23.5 Å². The second-order valence-electron chi connectivity index (χ2n) is 6.55. The van der Waals surface area contributed by atoms with E-state index in [-0.39, 0.29) is 0 Å². The fraction of sp³-hybridized carbons (Fsp3) is 0.647. The highest BCUT2D eigenvalue weighted by molar-refractivity contribution is 5.40. The van der Waals surface area contributed by atoms with Crippen LogP contribution < -0.4 is 0 Å². The molecule has 1 fully saturated rings. The monoisotopic (exact) mass is 259 g/mol. The number of phenolic OH excluding ortho intramolecular Hbond substituents is 1. The fourth-order valence-corrected chi connectivity index (χ4v) is 4.36. The molecule has 2 aliphatic carbocycles. The Morgan fingerprint density at radius 1 is 1.11 bits per heavy atom. The Labute approximate surface area is 116 Å². The van der Waals surface area contributed by atoms with Crippen LogP contribution in [0, 0.1) is 5.92 Å². The average Bonchev–Trinajstić information content (AvgIpc) is 2.35. The van der Waals surface area contributed by atoms with Crippen molar-refractivity contribution in [2.45, 2.75) is 50.5 Å². The summed E-state index contributed by atoms with van der Waals surface area (Å²) in [4.78, 5) is 2.42. The molecular formula is C17H25NO. The van der Waals surface area contributed by atoms with Gasteiger partial charge >= 0.3 is 0 Å². The number of aromatic hydroxyl groups is 1. The van der Waals surface area contributed by atoms with Gasteiger partial charge in [-0.3, -0.25) is 0 Å². The maximum absolute atomic E-state index is 9.82. The van der Waals surface area contributed by atoms with Crippen LogP contribution in [-0.2, 0) is 6.42 Å². The first-order chi connectivity index (χ1) is 9.16. The van der Waals surface area contributed by atoms with Crippen molar-refractivity contribution in [2.75, 3.05) is 14.1 Å². The molecule has 2 heteroatoms. The van der Waals surface area contributed by atoms with E-state index >= 15 is 0 Å². The van der Waals surface area contributed by atoms with E-state index in [0.717, 1.165) is 5.92 Å². The quantitative estimate of drug-likeness (QED) is 0.834. The minimum atomic E-state index is 0.428. The minimum absolute atomic E-state index is 0.428. The minimum Gasteiger partial charge on any atom is -0.508 e. The molecular weight excluding hydrogens is 234 g/mol. The van der Waals surface area contributed by atoms with Gasteiger partial charge in [0, 0.05) is 12.0 Å². The summed E-state index contributed by atoms with van der Waals surface area (Å²) < 4.78 is 0. The van der Waals surface area contributed by atoms with Gasteiger partial charge in [0.15, 0.2) is 0 Å². The van der Waals surface area contributed by atoms with Crippen LogP contribution in [0.15, 0.2) is 18.2 Å². The summed E-state index contributed by atoms with van der Waals surface area (Å²) in [7, 11) is 4.44. The Kier molecular flexibility index (Phi) is 3.53. The molecule has 2 bridgehead atoms. The van der Waals surface area contributed by atoms with E-state index in [1.807, 2.05) is 12.1 Å². The highest BCUT2D eigenvalue weighted by atomic mass is 16.3. The van der Waals surface area contributed by atoms with Gasteiger partial charge in [0.2, 0.25) is 0 Å². The largest absolute Gasteiger partial charge is 0.508 e. The van der Waals surface area contributed by atoms with Gasteiger partial charge in [-0.1, -0.05) is 25.3 Å². The second kappa shape index (κ2) is 5.16. The van der Waals surface area contributed by atoms with Gasteiger partial charge in [-0.15, -0.1) is 0 Å². The molecule has 1 saturated carbocycles. The third-order valence-corrected chi connectivity index (χ3v) is 5.09. The van der Waals surface area contributed by atoms with Crippen LogP contribution in [0.25, 0.3) is 0 Å². The van der Waals surface area contributed by atoms with Crippen molar-refractivity contribution < 1.29 is 5.11 Å². The summed E-state index contributed by atoms with van der Waals surface area (Å²) in [6, 6.07) is 6.68. The predicted molar refractivity (Wildman–Crippen MR) is 78.6 cm³/mol. The predicted octanol–water partition coefficient (Wildman–Crippen LogP) is 3.54. The van der Waals surface area contributed by atoms with Gasteiger partial charge in [0.05, 0.1) is 0 Å². The molecule has 2 nitrogen and oxygen atoms in total. The van der Waals surface area contributed by atoms with Gasteiger partial charge in [-0.05, 0) is 62.5 Å². The molecule has 0 aliphatic heterocycles. The molecule has 3 unspecified atom stereocenters. The number of rotatable bonds is 1. The maximum Gasteiger partial charge on any atom is 0.115 e. The molecule has 0 aromatic heterocycles. The van der Waals surface area contributed by atoms with Crippen molar-refractivity contribution >= 4 is 0 Å². The lowest BCUT2D eigenvalue weighted by Crippen LogP contribution is -2.45. The molecule has 0 amide bonds. The Hall–Kier alpha value is -1.02. The number of hydrogen-bond acceptors (Lipinski definition) is 2. The molecule has 0 spiro atoms. The third-order valence-electron chi connectivity index (χ3n) is 5.09. The van der Waals surface area contributed by atoms with Crippen LogP contribution in [0.2, 0.25) is 0 Å². The van der Waals surface area contributed by atoms with Crippen LogP contribution in [0.3, 0.4) is 0 Å². The number of hydrogen-bond donors (Lipinski definition) is 1. The molecule has 0 saturated heterocycles. The number of benzene rings is 1. The SMILES string of the molecule is CN(C)C1C2CCCCCC1c1cc(O)ccc1C2. The summed E-state index contributed by atoms with van der Waals surface area (Å²) in [5, 5.41) is 9.82. The average molecular weight is 259 g/mol.